The van der Waals surface area contributed by atoms with Crippen molar-refractivity contribution in [2.45, 2.75) is 32.7 Å². The van der Waals surface area contributed by atoms with Crippen LogP contribution < -0.4 is 16.0 Å². The molecule has 0 unspecified atom stereocenters. The van der Waals surface area contributed by atoms with Gasteiger partial charge >= 0.3 is 0 Å². The molecule has 2 N–H and O–H groups in total. The van der Waals surface area contributed by atoms with Crippen LogP contribution in [0.3, 0.4) is 0 Å². The normalized spacial score (nSPS) is 11.4. The lowest BCUT2D eigenvalue weighted by atomic mass is 9.87. The van der Waals surface area contributed by atoms with Crippen LogP contribution in [0, 0.1) is 0 Å². The Balaban J connectivity index is 2.01. The summed E-state index contributed by atoms with van der Waals surface area (Å²) in [6, 6.07) is 11.1. The van der Waals surface area contributed by atoms with E-state index in [4.69, 9.17) is 10.5 Å². The molecular formula is C17H22N2O2. The molecule has 0 spiro atoms. The molecule has 1 aromatic heterocycles. The molecule has 0 fully saturated rings. The summed E-state index contributed by atoms with van der Waals surface area (Å²) in [5.74, 6) is 0.819. The first-order chi connectivity index (χ1) is 9.86. The summed E-state index contributed by atoms with van der Waals surface area (Å²) >= 11 is 0. The van der Waals surface area contributed by atoms with E-state index in [0.717, 1.165) is 5.75 Å². The van der Waals surface area contributed by atoms with Gasteiger partial charge in [-0.3, -0.25) is 4.79 Å². The Labute approximate surface area is 125 Å². The molecule has 0 saturated heterocycles. The van der Waals surface area contributed by atoms with E-state index in [0.29, 0.717) is 18.8 Å². The van der Waals surface area contributed by atoms with Crippen molar-refractivity contribution in [3.05, 3.63) is 58.5 Å². The molecule has 0 bridgehead atoms. The average molecular weight is 286 g/mol. The Morgan fingerprint density at radius 3 is 2.67 bits per heavy atom. The van der Waals surface area contributed by atoms with Gasteiger partial charge in [0.25, 0.3) is 5.56 Å². The number of ether oxygens (including phenoxy) is 1. The van der Waals surface area contributed by atoms with Crippen LogP contribution in [-0.4, -0.2) is 11.2 Å². The molecule has 0 aliphatic rings. The van der Waals surface area contributed by atoms with Crippen molar-refractivity contribution < 1.29 is 4.74 Å². The number of rotatable bonds is 4. The monoisotopic (exact) mass is 286 g/mol. The molecule has 0 atom stereocenters. The Morgan fingerprint density at radius 2 is 1.95 bits per heavy atom. The molecule has 1 heterocycles. The molecule has 4 heteroatoms. The second-order valence-electron chi connectivity index (χ2n) is 6.12. The minimum Gasteiger partial charge on any atom is -0.492 e. The lowest BCUT2D eigenvalue weighted by Gasteiger charge is -2.19. The van der Waals surface area contributed by atoms with E-state index < -0.39 is 0 Å². The van der Waals surface area contributed by atoms with Crippen molar-refractivity contribution in [3.63, 3.8) is 0 Å². The highest BCUT2D eigenvalue weighted by Crippen LogP contribution is 2.25. The van der Waals surface area contributed by atoms with Crippen LogP contribution in [0.4, 0.5) is 5.69 Å². The lowest BCUT2D eigenvalue weighted by molar-refractivity contribution is 0.295. The van der Waals surface area contributed by atoms with Gasteiger partial charge in [0.15, 0.2) is 0 Å². The number of aromatic nitrogens is 1. The summed E-state index contributed by atoms with van der Waals surface area (Å²) < 4.78 is 7.30. The number of hydrogen-bond donors (Lipinski definition) is 1. The Bertz CT molecular complexity index is 669. The molecule has 0 aliphatic carbocycles. The zero-order valence-corrected chi connectivity index (χ0v) is 12.8. The number of nitrogen functional groups attached to an aromatic ring is 1. The second kappa shape index (κ2) is 6.04. The van der Waals surface area contributed by atoms with Gasteiger partial charge in [0, 0.05) is 18.0 Å². The first-order valence-corrected chi connectivity index (χ1v) is 7.05. The Morgan fingerprint density at radius 1 is 1.19 bits per heavy atom. The smallest absolute Gasteiger partial charge is 0.250 e. The number of hydrogen-bond acceptors (Lipinski definition) is 3. The molecule has 1 aromatic carbocycles. The minimum atomic E-state index is -0.0729. The molecule has 2 rings (SSSR count). The van der Waals surface area contributed by atoms with Crippen molar-refractivity contribution in [1.29, 1.82) is 0 Å². The third-order valence-corrected chi connectivity index (χ3v) is 3.31. The summed E-state index contributed by atoms with van der Waals surface area (Å²) in [5.41, 5.74) is 7.49. The van der Waals surface area contributed by atoms with Gasteiger partial charge in [0.2, 0.25) is 0 Å². The molecule has 112 valence electrons. The van der Waals surface area contributed by atoms with Gasteiger partial charge in [-0.05, 0) is 29.2 Å². The zero-order chi connectivity index (χ0) is 15.5. The topological polar surface area (TPSA) is 57.2 Å². The van der Waals surface area contributed by atoms with E-state index in [9.17, 15) is 4.79 Å². The van der Waals surface area contributed by atoms with Crippen molar-refractivity contribution >= 4 is 5.69 Å². The van der Waals surface area contributed by atoms with Crippen LogP contribution in [-0.2, 0) is 12.0 Å². The SMILES string of the molecule is CC(C)(C)c1cccc(OCCn2cc(N)ccc2=O)c1. The van der Waals surface area contributed by atoms with Crippen LogP contribution in [0.25, 0.3) is 0 Å². The fraction of sp³-hybridized carbons (Fsp3) is 0.353. The van der Waals surface area contributed by atoms with Crippen LogP contribution in [0.5, 0.6) is 5.75 Å². The lowest BCUT2D eigenvalue weighted by Crippen LogP contribution is -2.22. The van der Waals surface area contributed by atoms with Crippen LogP contribution in [0.2, 0.25) is 0 Å². The molecule has 0 aliphatic heterocycles. The summed E-state index contributed by atoms with van der Waals surface area (Å²) in [6.07, 6.45) is 1.64. The maximum atomic E-state index is 11.7. The van der Waals surface area contributed by atoms with E-state index in [-0.39, 0.29) is 11.0 Å². The van der Waals surface area contributed by atoms with E-state index >= 15 is 0 Å². The third-order valence-electron chi connectivity index (χ3n) is 3.31. The Hall–Kier alpha value is -2.23. The third kappa shape index (κ3) is 4.12. The highest BCUT2D eigenvalue weighted by Gasteiger charge is 2.13. The molecule has 0 radical (unpaired) electrons. The van der Waals surface area contributed by atoms with E-state index in [1.54, 1.807) is 16.8 Å². The van der Waals surface area contributed by atoms with Gasteiger partial charge in [-0.1, -0.05) is 32.9 Å². The standard InChI is InChI=1S/C17H22N2O2/c1-17(2,3)13-5-4-6-15(11-13)21-10-9-19-12-14(18)7-8-16(19)20/h4-8,11-12H,9-10,18H2,1-3H3. The first kappa shape index (κ1) is 15.2. The fourth-order valence-electron chi connectivity index (χ4n) is 2.04. The largest absolute Gasteiger partial charge is 0.492 e. The minimum absolute atomic E-state index is 0.0729. The molecular weight excluding hydrogens is 264 g/mol. The van der Waals surface area contributed by atoms with E-state index in [1.165, 1.54) is 11.6 Å². The summed E-state index contributed by atoms with van der Waals surface area (Å²) in [7, 11) is 0. The number of nitrogens with two attached hydrogens (primary N) is 1. The van der Waals surface area contributed by atoms with E-state index in [2.05, 4.69) is 26.8 Å². The van der Waals surface area contributed by atoms with Crippen molar-refractivity contribution in [2.24, 2.45) is 0 Å². The molecule has 2 aromatic rings. The van der Waals surface area contributed by atoms with E-state index in [1.807, 2.05) is 18.2 Å². The van der Waals surface area contributed by atoms with Gasteiger partial charge in [0.1, 0.15) is 12.4 Å². The predicted octanol–water partition coefficient (Wildman–Crippen LogP) is 2.81. The first-order valence-electron chi connectivity index (χ1n) is 7.05. The highest BCUT2D eigenvalue weighted by atomic mass is 16.5. The van der Waals surface area contributed by atoms with Gasteiger partial charge in [0.05, 0.1) is 6.54 Å². The van der Waals surface area contributed by atoms with Gasteiger partial charge in [-0.25, -0.2) is 0 Å². The van der Waals surface area contributed by atoms with Crippen molar-refractivity contribution in [1.82, 2.24) is 4.57 Å². The second-order valence-corrected chi connectivity index (χ2v) is 6.12. The highest BCUT2D eigenvalue weighted by molar-refractivity contribution is 5.34. The summed E-state index contributed by atoms with van der Waals surface area (Å²) in [5, 5.41) is 0. The van der Waals surface area contributed by atoms with Crippen LogP contribution >= 0.6 is 0 Å². The van der Waals surface area contributed by atoms with Gasteiger partial charge < -0.3 is 15.0 Å². The predicted molar refractivity (Wildman–Crippen MR) is 85.8 cm³/mol. The number of anilines is 1. The summed E-state index contributed by atoms with van der Waals surface area (Å²) in [4.78, 5) is 11.7. The molecule has 0 saturated carbocycles. The number of pyridine rings is 1. The van der Waals surface area contributed by atoms with Gasteiger partial charge in [-0.2, -0.15) is 0 Å². The van der Waals surface area contributed by atoms with Crippen LogP contribution in [0.15, 0.2) is 47.4 Å². The van der Waals surface area contributed by atoms with Crippen LogP contribution in [0.1, 0.15) is 26.3 Å². The van der Waals surface area contributed by atoms with Crippen molar-refractivity contribution in [3.8, 4) is 5.75 Å². The maximum Gasteiger partial charge on any atom is 0.250 e. The average Bonchev–Trinajstić information content (AvgIpc) is 2.42. The number of nitrogens with zero attached hydrogens (tertiary/aromatic N) is 1. The quantitative estimate of drug-likeness (QED) is 0.940. The molecule has 0 amide bonds. The fourth-order valence-corrected chi connectivity index (χ4v) is 2.04. The zero-order valence-electron chi connectivity index (χ0n) is 12.8. The molecule has 4 nitrogen and oxygen atoms in total. The number of benzene rings is 1. The Kier molecular flexibility index (Phi) is 4.36. The molecule has 21 heavy (non-hydrogen) atoms. The summed E-state index contributed by atoms with van der Waals surface area (Å²) in [6.45, 7) is 7.40. The maximum absolute atomic E-state index is 11.7. The van der Waals surface area contributed by atoms with Gasteiger partial charge in [-0.15, -0.1) is 0 Å². The van der Waals surface area contributed by atoms with Crippen molar-refractivity contribution in [2.75, 3.05) is 12.3 Å².